The summed E-state index contributed by atoms with van der Waals surface area (Å²) in [5.74, 6) is -0.334. The number of hydrogen-bond acceptors (Lipinski definition) is 6. The van der Waals surface area contributed by atoms with E-state index in [0.29, 0.717) is 37.6 Å². The smallest absolute Gasteiger partial charge is 0.414 e. The van der Waals surface area contributed by atoms with Gasteiger partial charge in [0.2, 0.25) is 5.91 Å². The molecule has 0 aromatic heterocycles. The second-order valence-electron chi connectivity index (χ2n) is 8.65. The van der Waals surface area contributed by atoms with E-state index in [1.54, 1.807) is 18.4 Å². The predicted octanol–water partition coefficient (Wildman–Crippen LogP) is 2.92. The van der Waals surface area contributed by atoms with Gasteiger partial charge in [-0.05, 0) is 24.5 Å². The van der Waals surface area contributed by atoms with Crippen LogP contribution in [0.25, 0.3) is 0 Å². The number of nitrogens with one attached hydrogen (secondary N) is 1. The standard InChI is InChI=1S/C21H29FN4O4S/c1-21(2,3)18(27)25-9-7-24(8-10-25)17-6-5-14(11-16(17)22)26-13-15(30-20(26)29)12-23-19(28)31-4/h5-6,11,15H,7-10,12-13H2,1-4H3,(H,23,28). The molecule has 10 heteroatoms. The monoisotopic (exact) mass is 452 g/mol. The largest absolute Gasteiger partial charge is 0.442 e. The molecule has 31 heavy (non-hydrogen) atoms. The lowest BCUT2D eigenvalue weighted by atomic mass is 9.94. The fourth-order valence-corrected chi connectivity index (χ4v) is 3.88. The van der Waals surface area contributed by atoms with E-state index in [1.807, 2.05) is 30.6 Å². The van der Waals surface area contributed by atoms with Crippen molar-refractivity contribution in [2.24, 2.45) is 5.41 Å². The van der Waals surface area contributed by atoms with Crippen LogP contribution >= 0.6 is 11.8 Å². The van der Waals surface area contributed by atoms with Crippen LogP contribution in [0.2, 0.25) is 0 Å². The zero-order chi connectivity index (χ0) is 22.8. The van der Waals surface area contributed by atoms with Gasteiger partial charge in [0, 0.05) is 31.6 Å². The van der Waals surface area contributed by atoms with Crippen LogP contribution in [-0.4, -0.2) is 73.8 Å². The Balaban J connectivity index is 1.61. The summed E-state index contributed by atoms with van der Waals surface area (Å²) < 4.78 is 20.2. The first-order valence-corrected chi connectivity index (χ1v) is 11.5. The van der Waals surface area contributed by atoms with E-state index < -0.39 is 23.4 Å². The molecule has 2 saturated heterocycles. The van der Waals surface area contributed by atoms with Gasteiger partial charge in [-0.25, -0.2) is 9.18 Å². The summed E-state index contributed by atoms with van der Waals surface area (Å²) in [6.07, 6.45) is 0.610. The summed E-state index contributed by atoms with van der Waals surface area (Å²) in [6.45, 7) is 8.29. The number of benzene rings is 1. The van der Waals surface area contributed by atoms with Gasteiger partial charge in [-0.1, -0.05) is 32.5 Å². The molecule has 0 saturated carbocycles. The number of amides is 3. The number of carbonyl (C=O) groups excluding carboxylic acids is 3. The van der Waals surface area contributed by atoms with Gasteiger partial charge in [0.25, 0.3) is 5.24 Å². The summed E-state index contributed by atoms with van der Waals surface area (Å²) in [7, 11) is 0. The third-order valence-corrected chi connectivity index (χ3v) is 5.84. The van der Waals surface area contributed by atoms with Gasteiger partial charge < -0.3 is 19.9 Å². The highest BCUT2D eigenvalue weighted by Gasteiger charge is 2.34. The number of anilines is 2. The zero-order valence-corrected chi connectivity index (χ0v) is 19.1. The minimum atomic E-state index is -0.565. The number of carbonyl (C=O) groups is 3. The fourth-order valence-electron chi connectivity index (χ4n) is 3.65. The van der Waals surface area contributed by atoms with Crippen LogP contribution in [-0.2, 0) is 9.53 Å². The van der Waals surface area contributed by atoms with Crippen molar-refractivity contribution >= 4 is 40.4 Å². The molecule has 2 aliphatic rings. The predicted molar refractivity (Wildman–Crippen MR) is 119 cm³/mol. The Morgan fingerprint density at radius 1 is 1.23 bits per heavy atom. The van der Waals surface area contributed by atoms with Gasteiger partial charge in [-0.15, -0.1) is 0 Å². The maximum atomic E-state index is 14.9. The van der Waals surface area contributed by atoms with E-state index in [-0.39, 0.29) is 24.2 Å². The van der Waals surface area contributed by atoms with Gasteiger partial charge in [-0.3, -0.25) is 14.5 Å². The quantitative estimate of drug-likeness (QED) is 0.757. The molecule has 2 aliphatic heterocycles. The average Bonchev–Trinajstić information content (AvgIpc) is 3.11. The number of rotatable bonds is 4. The normalized spacial score (nSPS) is 19.5. The van der Waals surface area contributed by atoms with Crippen molar-refractivity contribution in [1.29, 1.82) is 0 Å². The molecule has 0 bridgehead atoms. The molecule has 0 radical (unpaired) electrons. The lowest BCUT2D eigenvalue weighted by Crippen LogP contribution is -2.51. The van der Waals surface area contributed by atoms with Gasteiger partial charge in [0.1, 0.15) is 11.9 Å². The zero-order valence-electron chi connectivity index (χ0n) is 18.3. The molecule has 2 heterocycles. The molecule has 0 aliphatic carbocycles. The van der Waals surface area contributed by atoms with Crippen LogP contribution in [0.4, 0.5) is 25.4 Å². The van der Waals surface area contributed by atoms with Crippen molar-refractivity contribution < 1.29 is 23.5 Å². The minimum absolute atomic E-state index is 0.0961. The summed E-state index contributed by atoms with van der Waals surface area (Å²) in [4.78, 5) is 41.1. The lowest BCUT2D eigenvalue weighted by molar-refractivity contribution is -0.139. The summed E-state index contributed by atoms with van der Waals surface area (Å²) in [6, 6.07) is 4.67. The first kappa shape index (κ1) is 23.2. The van der Waals surface area contributed by atoms with Crippen LogP contribution < -0.4 is 15.1 Å². The van der Waals surface area contributed by atoms with E-state index in [4.69, 9.17) is 4.74 Å². The van der Waals surface area contributed by atoms with Crippen molar-refractivity contribution in [3.05, 3.63) is 24.0 Å². The molecule has 8 nitrogen and oxygen atoms in total. The Kier molecular flexibility index (Phi) is 6.98. The maximum absolute atomic E-state index is 14.9. The Labute approximate surface area is 186 Å². The van der Waals surface area contributed by atoms with Crippen LogP contribution in [0.3, 0.4) is 0 Å². The molecule has 3 rings (SSSR count). The number of piperazine rings is 1. The van der Waals surface area contributed by atoms with Crippen molar-refractivity contribution in [2.45, 2.75) is 26.9 Å². The lowest BCUT2D eigenvalue weighted by Gasteiger charge is -2.38. The minimum Gasteiger partial charge on any atom is -0.442 e. The van der Waals surface area contributed by atoms with Gasteiger partial charge in [0.05, 0.1) is 24.5 Å². The Hall–Kier alpha value is -2.49. The van der Waals surface area contributed by atoms with E-state index in [0.717, 1.165) is 11.8 Å². The topological polar surface area (TPSA) is 82.2 Å². The molecule has 1 atom stereocenters. The second-order valence-corrected chi connectivity index (χ2v) is 9.43. The molecule has 2 fully saturated rings. The van der Waals surface area contributed by atoms with Crippen LogP contribution in [0.1, 0.15) is 20.8 Å². The third-order valence-electron chi connectivity index (χ3n) is 5.33. The van der Waals surface area contributed by atoms with E-state index in [1.165, 1.54) is 11.0 Å². The number of hydrogen-bond donors (Lipinski definition) is 1. The molecule has 1 aromatic carbocycles. The molecular formula is C21H29FN4O4S. The summed E-state index contributed by atoms with van der Waals surface area (Å²) in [5.41, 5.74) is 0.421. The van der Waals surface area contributed by atoms with Crippen molar-refractivity contribution in [1.82, 2.24) is 10.2 Å². The Bertz CT molecular complexity index is 852. The number of thioether (sulfide) groups is 1. The molecule has 3 amide bonds. The molecule has 1 unspecified atom stereocenters. The van der Waals surface area contributed by atoms with Gasteiger partial charge in [-0.2, -0.15) is 0 Å². The number of nitrogens with zero attached hydrogens (tertiary/aromatic N) is 3. The van der Waals surface area contributed by atoms with Crippen LogP contribution in [0, 0.1) is 11.2 Å². The Morgan fingerprint density at radius 2 is 1.90 bits per heavy atom. The second kappa shape index (κ2) is 9.33. The van der Waals surface area contributed by atoms with Crippen molar-refractivity contribution in [3.8, 4) is 0 Å². The summed E-state index contributed by atoms with van der Waals surface area (Å²) >= 11 is 1.05. The SMILES string of the molecule is CSC(=O)NCC1CN(c2ccc(N3CCN(C(=O)C(C)(C)C)CC3)c(F)c2)C(=O)O1. The van der Waals surface area contributed by atoms with Gasteiger partial charge in [0.15, 0.2) is 0 Å². The van der Waals surface area contributed by atoms with E-state index >= 15 is 0 Å². The van der Waals surface area contributed by atoms with Crippen molar-refractivity contribution in [2.75, 3.05) is 55.3 Å². The maximum Gasteiger partial charge on any atom is 0.414 e. The number of ether oxygens (including phenoxy) is 1. The highest BCUT2D eigenvalue weighted by Crippen LogP contribution is 2.29. The first-order chi connectivity index (χ1) is 14.6. The third kappa shape index (κ3) is 5.41. The first-order valence-electron chi connectivity index (χ1n) is 10.2. The number of halogens is 1. The van der Waals surface area contributed by atoms with Crippen molar-refractivity contribution in [3.63, 3.8) is 0 Å². The molecule has 170 valence electrons. The highest BCUT2D eigenvalue weighted by atomic mass is 32.2. The summed E-state index contributed by atoms with van der Waals surface area (Å²) in [5, 5.41) is 2.46. The molecular weight excluding hydrogens is 423 g/mol. The van der Waals surface area contributed by atoms with Crippen LogP contribution in [0.15, 0.2) is 18.2 Å². The van der Waals surface area contributed by atoms with E-state index in [2.05, 4.69) is 5.32 Å². The molecule has 0 spiro atoms. The Morgan fingerprint density at radius 3 is 2.48 bits per heavy atom. The van der Waals surface area contributed by atoms with E-state index in [9.17, 15) is 18.8 Å². The average molecular weight is 453 g/mol. The molecule has 1 aromatic rings. The fraction of sp³-hybridized carbons (Fsp3) is 0.571. The highest BCUT2D eigenvalue weighted by molar-refractivity contribution is 8.12. The molecule has 1 N–H and O–H groups in total. The van der Waals surface area contributed by atoms with Gasteiger partial charge >= 0.3 is 6.09 Å². The number of cyclic esters (lactones) is 1. The van der Waals surface area contributed by atoms with Crippen LogP contribution in [0.5, 0.6) is 0 Å².